The van der Waals surface area contributed by atoms with Gasteiger partial charge in [-0.05, 0) is 22.4 Å². The molecule has 0 saturated heterocycles. The summed E-state index contributed by atoms with van der Waals surface area (Å²) >= 11 is 0. The molecule has 0 bridgehead atoms. The van der Waals surface area contributed by atoms with Gasteiger partial charge in [-0.1, -0.05) is 36.4 Å². The summed E-state index contributed by atoms with van der Waals surface area (Å²) in [5.74, 6) is 0.0400. The lowest BCUT2D eigenvalue weighted by Gasteiger charge is -2.10. The first-order valence-electron chi connectivity index (χ1n) is 8.02. The molecule has 8 heteroatoms. The minimum atomic E-state index is -3.09. The largest absolute Gasteiger partial charge is 0.329 e. The van der Waals surface area contributed by atoms with Gasteiger partial charge < -0.3 is 4.57 Å². The molecule has 2 aromatic carbocycles. The van der Waals surface area contributed by atoms with Gasteiger partial charge in [-0.15, -0.1) is 0 Å². The SMILES string of the molecule is CS(=O)(=O)CCn1cnc(-c2ccccc2)c1-c1ccc2nonc2c1. The van der Waals surface area contributed by atoms with Crippen LogP contribution in [-0.2, 0) is 16.4 Å². The smallest absolute Gasteiger partial charge is 0.149 e. The zero-order chi connectivity index (χ0) is 18.1. The molecule has 0 spiro atoms. The van der Waals surface area contributed by atoms with Crippen LogP contribution in [-0.4, -0.2) is 40.3 Å². The summed E-state index contributed by atoms with van der Waals surface area (Å²) in [6, 6.07) is 15.4. The Bertz CT molecular complexity index is 1160. The number of aryl methyl sites for hydroxylation is 1. The molecule has 7 nitrogen and oxygen atoms in total. The van der Waals surface area contributed by atoms with Crippen molar-refractivity contribution < 1.29 is 13.0 Å². The number of sulfone groups is 1. The summed E-state index contributed by atoms with van der Waals surface area (Å²) in [7, 11) is -3.09. The first-order chi connectivity index (χ1) is 12.5. The van der Waals surface area contributed by atoms with Crippen LogP contribution in [0.3, 0.4) is 0 Å². The highest BCUT2D eigenvalue weighted by molar-refractivity contribution is 7.90. The second kappa shape index (κ2) is 6.38. The van der Waals surface area contributed by atoms with E-state index < -0.39 is 9.84 Å². The highest BCUT2D eigenvalue weighted by atomic mass is 32.2. The molecule has 0 aliphatic heterocycles. The number of aromatic nitrogens is 4. The van der Waals surface area contributed by atoms with Crippen LogP contribution in [0.2, 0.25) is 0 Å². The van der Waals surface area contributed by atoms with Crippen LogP contribution in [0.5, 0.6) is 0 Å². The Balaban J connectivity index is 1.87. The van der Waals surface area contributed by atoms with Gasteiger partial charge >= 0.3 is 0 Å². The summed E-state index contributed by atoms with van der Waals surface area (Å²) < 4.78 is 29.8. The molecule has 0 fully saturated rings. The fourth-order valence-electron chi connectivity index (χ4n) is 2.86. The minimum Gasteiger partial charge on any atom is -0.329 e. The van der Waals surface area contributed by atoms with Crippen LogP contribution in [0, 0.1) is 0 Å². The summed E-state index contributed by atoms with van der Waals surface area (Å²) in [6.45, 7) is 0.323. The monoisotopic (exact) mass is 368 g/mol. The summed E-state index contributed by atoms with van der Waals surface area (Å²) in [5, 5.41) is 7.72. The second-order valence-corrected chi connectivity index (χ2v) is 8.36. The molecule has 0 aliphatic carbocycles. The van der Waals surface area contributed by atoms with E-state index in [-0.39, 0.29) is 5.75 Å². The van der Waals surface area contributed by atoms with Gasteiger partial charge in [-0.25, -0.2) is 18.0 Å². The van der Waals surface area contributed by atoms with Gasteiger partial charge in [-0.3, -0.25) is 0 Å². The number of fused-ring (bicyclic) bond motifs is 1. The highest BCUT2D eigenvalue weighted by Crippen LogP contribution is 2.32. The Morgan fingerprint density at radius 2 is 1.77 bits per heavy atom. The molecule has 0 N–H and O–H groups in total. The van der Waals surface area contributed by atoms with Gasteiger partial charge in [0.05, 0.1) is 23.5 Å². The topological polar surface area (TPSA) is 90.9 Å². The van der Waals surface area contributed by atoms with Crippen molar-refractivity contribution >= 4 is 20.9 Å². The Morgan fingerprint density at radius 3 is 2.54 bits per heavy atom. The third-order valence-electron chi connectivity index (χ3n) is 4.12. The normalized spacial score (nSPS) is 11.9. The maximum atomic E-state index is 11.6. The zero-order valence-corrected chi connectivity index (χ0v) is 14.8. The van der Waals surface area contributed by atoms with Crippen LogP contribution >= 0.6 is 0 Å². The number of benzene rings is 2. The molecule has 26 heavy (non-hydrogen) atoms. The van der Waals surface area contributed by atoms with E-state index in [4.69, 9.17) is 4.63 Å². The fourth-order valence-corrected chi connectivity index (χ4v) is 3.38. The lowest BCUT2D eigenvalue weighted by molar-refractivity contribution is 0.315. The van der Waals surface area contributed by atoms with Crippen molar-refractivity contribution in [1.82, 2.24) is 19.9 Å². The van der Waals surface area contributed by atoms with E-state index in [1.807, 2.05) is 53.1 Å². The van der Waals surface area contributed by atoms with Gasteiger partial charge in [-0.2, -0.15) is 0 Å². The molecule has 4 rings (SSSR count). The molecule has 4 aromatic rings. The summed E-state index contributed by atoms with van der Waals surface area (Å²) in [4.78, 5) is 4.54. The van der Waals surface area contributed by atoms with E-state index in [0.29, 0.717) is 17.6 Å². The molecule has 0 radical (unpaired) electrons. The van der Waals surface area contributed by atoms with Crippen LogP contribution < -0.4 is 0 Å². The van der Waals surface area contributed by atoms with Gasteiger partial charge in [0, 0.05) is 23.9 Å². The van der Waals surface area contributed by atoms with E-state index in [1.165, 1.54) is 6.26 Å². The molecule has 2 aromatic heterocycles. The van der Waals surface area contributed by atoms with Crippen molar-refractivity contribution in [3.05, 3.63) is 54.9 Å². The van der Waals surface area contributed by atoms with Crippen molar-refractivity contribution in [2.24, 2.45) is 0 Å². The van der Waals surface area contributed by atoms with Crippen molar-refractivity contribution in [1.29, 1.82) is 0 Å². The number of rotatable bonds is 5. The van der Waals surface area contributed by atoms with Crippen molar-refractivity contribution in [2.45, 2.75) is 6.54 Å². The Hall–Kier alpha value is -3.00. The van der Waals surface area contributed by atoms with Crippen molar-refractivity contribution in [2.75, 3.05) is 12.0 Å². The third-order valence-corrected chi connectivity index (χ3v) is 5.04. The van der Waals surface area contributed by atoms with Crippen molar-refractivity contribution in [3.63, 3.8) is 0 Å². The highest BCUT2D eigenvalue weighted by Gasteiger charge is 2.17. The molecular formula is C18H16N4O3S. The molecule has 0 saturated carbocycles. The van der Waals surface area contributed by atoms with E-state index >= 15 is 0 Å². The molecule has 0 atom stereocenters. The maximum absolute atomic E-state index is 11.6. The van der Waals surface area contributed by atoms with Crippen LogP contribution in [0.15, 0.2) is 59.5 Å². The quantitative estimate of drug-likeness (QED) is 0.538. The molecular weight excluding hydrogens is 352 g/mol. The summed E-state index contributed by atoms with van der Waals surface area (Å²) in [5.41, 5.74) is 4.76. The average Bonchev–Trinajstić information content (AvgIpc) is 3.26. The van der Waals surface area contributed by atoms with E-state index in [9.17, 15) is 8.42 Å². The van der Waals surface area contributed by atoms with Gasteiger partial charge in [0.25, 0.3) is 0 Å². The fraction of sp³-hybridized carbons (Fsp3) is 0.167. The predicted molar refractivity (Wildman–Crippen MR) is 98.2 cm³/mol. The minimum absolute atomic E-state index is 0.0400. The van der Waals surface area contributed by atoms with Crippen LogP contribution in [0.25, 0.3) is 33.5 Å². The van der Waals surface area contributed by atoms with E-state index in [1.54, 1.807) is 6.33 Å². The molecule has 0 unspecified atom stereocenters. The molecule has 132 valence electrons. The zero-order valence-electron chi connectivity index (χ0n) is 14.0. The van der Waals surface area contributed by atoms with Gasteiger partial charge in [0.15, 0.2) is 0 Å². The molecule has 0 amide bonds. The lowest BCUT2D eigenvalue weighted by atomic mass is 10.0. The van der Waals surface area contributed by atoms with E-state index in [0.717, 1.165) is 22.5 Å². The van der Waals surface area contributed by atoms with Gasteiger partial charge in [0.2, 0.25) is 0 Å². The summed E-state index contributed by atoms with van der Waals surface area (Å²) in [6.07, 6.45) is 2.91. The van der Waals surface area contributed by atoms with Crippen LogP contribution in [0.4, 0.5) is 0 Å². The number of hydrogen-bond acceptors (Lipinski definition) is 6. The van der Waals surface area contributed by atoms with E-state index in [2.05, 4.69) is 15.3 Å². The van der Waals surface area contributed by atoms with Crippen LogP contribution in [0.1, 0.15) is 0 Å². The maximum Gasteiger partial charge on any atom is 0.149 e. The van der Waals surface area contributed by atoms with Crippen molar-refractivity contribution in [3.8, 4) is 22.5 Å². The Labute approximate surface area is 150 Å². The predicted octanol–water partition coefficient (Wildman–Crippen LogP) is 2.80. The average molecular weight is 368 g/mol. The van der Waals surface area contributed by atoms with Gasteiger partial charge in [0.1, 0.15) is 20.9 Å². The molecule has 0 aliphatic rings. The lowest BCUT2D eigenvalue weighted by Crippen LogP contribution is -2.11. The first kappa shape index (κ1) is 16.5. The Morgan fingerprint density at radius 1 is 1.00 bits per heavy atom. The number of hydrogen-bond donors (Lipinski definition) is 0. The Kier molecular flexibility index (Phi) is 4.04. The molecule has 2 heterocycles. The standard InChI is InChI=1S/C18H16N4O3S/c1-26(23,24)10-9-22-12-19-17(13-5-3-2-4-6-13)18(22)14-7-8-15-16(11-14)21-25-20-15/h2-8,11-12H,9-10H2,1H3. The first-order valence-corrected chi connectivity index (χ1v) is 10.1. The number of imidazole rings is 1. The third kappa shape index (κ3) is 3.23. The second-order valence-electron chi connectivity index (χ2n) is 6.10. The number of nitrogens with zero attached hydrogens (tertiary/aromatic N) is 4.